The van der Waals surface area contributed by atoms with Crippen LogP contribution < -0.4 is 10.1 Å². The highest BCUT2D eigenvalue weighted by atomic mass is 16.5. The van der Waals surface area contributed by atoms with E-state index in [0.717, 1.165) is 12.2 Å². The summed E-state index contributed by atoms with van der Waals surface area (Å²) in [6.45, 7) is 6.33. The first kappa shape index (κ1) is 13.6. The molecule has 0 aliphatic carbocycles. The molecule has 1 aromatic rings. The van der Waals surface area contributed by atoms with Crippen LogP contribution in [0.3, 0.4) is 0 Å². The van der Waals surface area contributed by atoms with E-state index in [0.29, 0.717) is 11.5 Å². The van der Waals surface area contributed by atoms with E-state index in [9.17, 15) is 4.79 Å². The molecule has 1 N–H and O–H groups in total. The topological polar surface area (TPSA) is 38.3 Å². The second-order valence-electron chi connectivity index (χ2n) is 4.73. The second kappa shape index (κ2) is 6.28. The normalized spacial score (nSPS) is 12.3. The molecule has 3 heteroatoms. The van der Waals surface area contributed by atoms with Gasteiger partial charge in [0, 0.05) is 11.6 Å². The van der Waals surface area contributed by atoms with Crippen LogP contribution in [0.2, 0.25) is 0 Å². The lowest BCUT2D eigenvalue weighted by atomic mass is 10.0. The summed E-state index contributed by atoms with van der Waals surface area (Å²) in [7, 11) is 1.61. The largest absolute Gasteiger partial charge is 0.497 e. The van der Waals surface area contributed by atoms with Gasteiger partial charge in [-0.25, -0.2) is 0 Å². The van der Waals surface area contributed by atoms with E-state index in [1.807, 2.05) is 6.92 Å². The first-order valence-corrected chi connectivity index (χ1v) is 5.98. The highest BCUT2D eigenvalue weighted by molar-refractivity contribution is 5.94. The summed E-state index contributed by atoms with van der Waals surface area (Å²) in [5.41, 5.74) is 0.668. The molecule has 0 fully saturated rings. The Balaban J connectivity index is 2.57. The van der Waals surface area contributed by atoms with Crippen molar-refractivity contribution < 1.29 is 9.53 Å². The van der Waals surface area contributed by atoms with Gasteiger partial charge in [-0.15, -0.1) is 0 Å². The van der Waals surface area contributed by atoms with E-state index in [1.54, 1.807) is 31.4 Å². The van der Waals surface area contributed by atoms with Crippen LogP contribution in [0.1, 0.15) is 37.6 Å². The summed E-state index contributed by atoms with van der Waals surface area (Å²) in [6.07, 6.45) is 0.988. The number of hydrogen-bond acceptors (Lipinski definition) is 2. The van der Waals surface area contributed by atoms with E-state index in [1.165, 1.54) is 0 Å². The fourth-order valence-electron chi connectivity index (χ4n) is 1.82. The maximum atomic E-state index is 11.9. The maximum absolute atomic E-state index is 11.9. The van der Waals surface area contributed by atoms with Gasteiger partial charge in [-0.3, -0.25) is 4.79 Å². The van der Waals surface area contributed by atoms with Crippen LogP contribution in [0, 0.1) is 5.92 Å². The number of ether oxygens (including phenoxy) is 1. The van der Waals surface area contributed by atoms with E-state index in [2.05, 4.69) is 19.2 Å². The minimum Gasteiger partial charge on any atom is -0.497 e. The molecule has 0 aromatic heterocycles. The molecule has 0 heterocycles. The van der Waals surface area contributed by atoms with Gasteiger partial charge in [-0.05, 0) is 43.5 Å². The summed E-state index contributed by atoms with van der Waals surface area (Å²) >= 11 is 0. The lowest BCUT2D eigenvalue weighted by molar-refractivity contribution is 0.0936. The van der Waals surface area contributed by atoms with Gasteiger partial charge in [0.25, 0.3) is 5.91 Å². The van der Waals surface area contributed by atoms with E-state index < -0.39 is 0 Å². The average molecular weight is 235 g/mol. The average Bonchev–Trinajstić information content (AvgIpc) is 2.28. The quantitative estimate of drug-likeness (QED) is 0.852. The van der Waals surface area contributed by atoms with Crippen molar-refractivity contribution in [1.82, 2.24) is 5.32 Å². The highest BCUT2D eigenvalue weighted by Crippen LogP contribution is 2.12. The first-order valence-electron chi connectivity index (χ1n) is 5.98. The zero-order valence-corrected chi connectivity index (χ0v) is 11.0. The number of rotatable bonds is 5. The number of methoxy groups -OCH3 is 1. The molecule has 0 radical (unpaired) electrons. The predicted octanol–water partition coefficient (Wildman–Crippen LogP) is 2.86. The number of amides is 1. The molecule has 0 saturated carbocycles. The van der Waals surface area contributed by atoms with Crippen molar-refractivity contribution in [2.24, 2.45) is 5.92 Å². The summed E-state index contributed by atoms with van der Waals surface area (Å²) in [5, 5.41) is 2.99. The Labute approximate surface area is 103 Å². The van der Waals surface area contributed by atoms with Crippen LogP contribution in [0.5, 0.6) is 5.75 Å². The van der Waals surface area contributed by atoms with Gasteiger partial charge >= 0.3 is 0 Å². The second-order valence-corrected chi connectivity index (χ2v) is 4.73. The SMILES string of the molecule is COc1ccc(C(=O)NC(C)CC(C)C)cc1. The van der Waals surface area contributed by atoms with Crippen LogP contribution in [-0.2, 0) is 0 Å². The Morgan fingerprint density at radius 2 is 1.82 bits per heavy atom. The molecule has 1 aromatic carbocycles. The highest BCUT2D eigenvalue weighted by Gasteiger charge is 2.10. The molecule has 1 unspecified atom stereocenters. The number of nitrogens with one attached hydrogen (secondary N) is 1. The first-order chi connectivity index (χ1) is 8.02. The van der Waals surface area contributed by atoms with Crippen molar-refractivity contribution in [3.8, 4) is 5.75 Å². The fraction of sp³-hybridized carbons (Fsp3) is 0.500. The minimum absolute atomic E-state index is 0.0270. The summed E-state index contributed by atoms with van der Waals surface area (Å²) in [4.78, 5) is 11.9. The maximum Gasteiger partial charge on any atom is 0.251 e. The van der Waals surface area contributed by atoms with Gasteiger partial charge in [-0.2, -0.15) is 0 Å². The van der Waals surface area contributed by atoms with Crippen LogP contribution in [-0.4, -0.2) is 19.1 Å². The molecule has 1 atom stereocenters. The Kier molecular flexibility index (Phi) is 5.01. The molecule has 3 nitrogen and oxygen atoms in total. The smallest absolute Gasteiger partial charge is 0.251 e. The third-order valence-corrected chi connectivity index (χ3v) is 2.55. The Morgan fingerprint density at radius 3 is 2.29 bits per heavy atom. The molecule has 94 valence electrons. The van der Waals surface area contributed by atoms with Crippen LogP contribution in [0.15, 0.2) is 24.3 Å². The van der Waals surface area contributed by atoms with Gasteiger partial charge < -0.3 is 10.1 Å². The standard InChI is InChI=1S/C14H21NO2/c1-10(2)9-11(3)15-14(16)12-5-7-13(17-4)8-6-12/h5-8,10-11H,9H2,1-4H3,(H,15,16). The van der Waals surface area contributed by atoms with Crippen LogP contribution in [0.4, 0.5) is 0 Å². The Hall–Kier alpha value is -1.51. The molecule has 1 rings (SSSR count). The van der Waals surface area contributed by atoms with Crippen molar-refractivity contribution in [2.75, 3.05) is 7.11 Å². The zero-order chi connectivity index (χ0) is 12.8. The molecule has 0 bridgehead atoms. The Morgan fingerprint density at radius 1 is 1.24 bits per heavy atom. The summed E-state index contributed by atoms with van der Waals surface area (Å²) in [5.74, 6) is 1.32. The van der Waals surface area contributed by atoms with E-state index >= 15 is 0 Å². The fourth-order valence-corrected chi connectivity index (χ4v) is 1.82. The monoisotopic (exact) mass is 235 g/mol. The minimum atomic E-state index is -0.0270. The van der Waals surface area contributed by atoms with Crippen molar-refractivity contribution in [1.29, 1.82) is 0 Å². The zero-order valence-electron chi connectivity index (χ0n) is 11.0. The molecular weight excluding hydrogens is 214 g/mol. The van der Waals surface area contributed by atoms with Gasteiger partial charge in [0.15, 0.2) is 0 Å². The summed E-state index contributed by atoms with van der Waals surface area (Å²) < 4.78 is 5.05. The molecule has 0 saturated heterocycles. The lowest BCUT2D eigenvalue weighted by Crippen LogP contribution is -2.33. The molecule has 17 heavy (non-hydrogen) atoms. The van der Waals surface area contributed by atoms with Gasteiger partial charge in [0.2, 0.25) is 0 Å². The molecule has 0 aliphatic heterocycles. The number of hydrogen-bond donors (Lipinski definition) is 1. The summed E-state index contributed by atoms with van der Waals surface area (Å²) in [6, 6.07) is 7.33. The van der Waals surface area contributed by atoms with Crippen molar-refractivity contribution >= 4 is 5.91 Å². The van der Waals surface area contributed by atoms with Crippen molar-refractivity contribution in [2.45, 2.75) is 33.2 Å². The lowest BCUT2D eigenvalue weighted by Gasteiger charge is -2.16. The number of carbonyl (C=O) groups excluding carboxylic acids is 1. The van der Waals surface area contributed by atoms with Crippen LogP contribution in [0.25, 0.3) is 0 Å². The van der Waals surface area contributed by atoms with E-state index in [-0.39, 0.29) is 11.9 Å². The third kappa shape index (κ3) is 4.47. The molecule has 0 aliphatic rings. The van der Waals surface area contributed by atoms with Crippen molar-refractivity contribution in [3.63, 3.8) is 0 Å². The van der Waals surface area contributed by atoms with Gasteiger partial charge in [0.05, 0.1) is 7.11 Å². The molecule has 1 amide bonds. The van der Waals surface area contributed by atoms with E-state index in [4.69, 9.17) is 4.74 Å². The van der Waals surface area contributed by atoms with Crippen molar-refractivity contribution in [3.05, 3.63) is 29.8 Å². The van der Waals surface area contributed by atoms with Gasteiger partial charge in [-0.1, -0.05) is 13.8 Å². The third-order valence-electron chi connectivity index (χ3n) is 2.55. The number of carbonyl (C=O) groups is 1. The molecule has 0 spiro atoms. The van der Waals surface area contributed by atoms with Gasteiger partial charge in [0.1, 0.15) is 5.75 Å². The predicted molar refractivity (Wildman–Crippen MR) is 69.4 cm³/mol. The Bertz CT molecular complexity index is 357. The number of benzene rings is 1. The van der Waals surface area contributed by atoms with Crippen LogP contribution >= 0.6 is 0 Å². The molecular formula is C14H21NO2.